The van der Waals surface area contributed by atoms with E-state index in [1.807, 2.05) is 6.33 Å². The standard InChI is InChI=1S/C11H15N5/c12-11-13-6-9-10(15-11)14-7-16(9)8-4-2-1-3-5-8/h6-8H,1-5H2,(H2,12,13,15). The highest BCUT2D eigenvalue weighted by molar-refractivity contribution is 5.70. The maximum atomic E-state index is 5.54. The lowest BCUT2D eigenvalue weighted by Crippen LogP contribution is -2.11. The van der Waals surface area contributed by atoms with Crippen molar-refractivity contribution in [1.82, 2.24) is 19.5 Å². The summed E-state index contributed by atoms with van der Waals surface area (Å²) in [4.78, 5) is 12.5. The van der Waals surface area contributed by atoms with E-state index < -0.39 is 0 Å². The highest BCUT2D eigenvalue weighted by Gasteiger charge is 2.17. The highest BCUT2D eigenvalue weighted by atomic mass is 15.1. The molecule has 5 heteroatoms. The number of imidazole rings is 1. The summed E-state index contributed by atoms with van der Waals surface area (Å²) in [5.41, 5.74) is 7.25. The quantitative estimate of drug-likeness (QED) is 0.792. The van der Waals surface area contributed by atoms with Crippen LogP contribution in [-0.4, -0.2) is 19.5 Å². The molecule has 0 aromatic carbocycles. The Kier molecular flexibility index (Phi) is 2.23. The number of rotatable bonds is 1. The summed E-state index contributed by atoms with van der Waals surface area (Å²) in [6.45, 7) is 0. The van der Waals surface area contributed by atoms with E-state index in [1.165, 1.54) is 32.1 Å². The van der Waals surface area contributed by atoms with Crippen molar-refractivity contribution in [3.63, 3.8) is 0 Å². The van der Waals surface area contributed by atoms with Crippen LogP contribution in [0.25, 0.3) is 11.2 Å². The summed E-state index contributed by atoms with van der Waals surface area (Å²) < 4.78 is 2.20. The van der Waals surface area contributed by atoms with Crippen molar-refractivity contribution in [3.05, 3.63) is 12.5 Å². The molecule has 1 aliphatic carbocycles. The molecule has 16 heavy (non-hydrogen) atoms. The second-order valence-corrected chi connectivity index (χ2v) is 4.38. The van der Waals surface area contributed by atoms with Crippen LogP contribution in [0.1, 0.15) is 38.1 Å². The molecule has 0 amide bonds. The van der Waals surface area contributed by atoms with Crippen LogP contribution in [0.2, 0.25) is 0 Å². The van der Waals surface area contributed by atoms with E-state index >= 15 is 0 Å². The van der Waals surface area contributed by atoms with Gasteiger partial charge in [0.15, 0.2) is 5.65 Å². The smallest absolute Gasteiger partial charge is 0.222 e. The number of nitrogen functional groups attached to an aromatic ring is 1. The second-order valence-electron chi connectivity index (χ2n) is 4.38. The predicted molar refractivity (Wildman–Crippen MR) is 61.9 cm³/mol. The van der Waals surface area contributed by atoms with E-state index in [0.29, 0.717) is 17.6 Å². The fourth-order valence-corrected chi connectivity index (χ4v) is 2.49. The number of fused-ring (bicyclic) bond motifs is 1. The molecular weight excluding hydrogens is 202 g/mol. The molecule has 2 heterocycles. The average molecular weight is 217 g/mol. The number of nitrogens with two attached hydrogens (primary N) is 1. The fourth-order valence-electron chi connectivity index (χ4n) is 2.49. The Morgan fingerprint density at radius 1 is 1.19 bits per heavy atom. The molecular formula is C11H15N5. The van der Waals surface area contributed by atoms with Gasteiger partial charge in [-0.05, 0) is 12.8 Å². The normalized spacial score (nSPS) is 18.0. The molecule has 5 nitrogen and oxygen atoms in total. The van der Waals surface area contributed by atoms with Gasteiger partial charge in [-0.2, -0.15) is 4.98 Å². The third-order valence-electron chi connectivity index (χ3n) is 3.32. The number of hydrogen-bond acceptors (Lipinski definition) is 4. The Balaban J connectivity index is 2.03. The maximum absolute atomic E-state index is 5.54. The predicted octanol–water partition coefficient (Wildman–Crippen LogP) is 1.91. The molecule has 1 saturated carbocycles. The lowest BCUT2D eigenvalue weighted by molar-refractivity contribution is 0.359. The molecule has 2 aromatic heterocycles. The van der Waals surface area contributed by atoms with Gasteiger partial charge in [-0.25, -0.2) is 9.97 Å². The first-order valence-electron chi connectivity index (χ1n) is 5.79. The fraction of sp³-hybridized carbons (Fsp3) is 0.545. The minimum absolute atomic E-state index is 0.293. The van der Waals surface area contributed by atoms with Gasteiger partial charge < -0.3 is 10.3 Å². The van der Waals surface area contributed by atoms with Gasteiger partial charge in [0.25, 0.3) is 0 Å². The Bertz CT molecular complexity index is 498. The maximum Gasteiger partial charge on any atom is 0.222 e. The van der Waals surface area contributed by atoms with Crippen molar-refractivity contribution in [1.29, 1.82) is 0 Å². The van der Waals surface area contributed by atoms with Crippen molar-refractivity contribution in [2.24, 2.45) is 0 Å². The molecule has 84 valence electrons. The largest absolute Gasteiger partial charge is 0.368 e. The lowest BCUT2D eigenvalue weighted by atomic mass is 9.95. The Hall–Kier alpha value is -1.65. The number of anilines is 1. The molecule has 0 spiro atoms. The third kappa shape index (κ3) is 1.52. The van der Waals surface area contributed by atoms with Gasteiger partial charge in [0, 0.05) is 6.04 Å². The average Bonchev–Trinajstić information content (AvgIpc) is 2.73. The van der Waals surface area contributed by atoms with Crippen molar-refractivity contribution >= 4 is 17.1 Å². The molecule has 0 unspecified atom stereocenters. The monoisotopic (exact) mass is 217 g/mol. The van der Waals surface area contributed by atoms with Crippen molar-refractivity contribution in [2.45, 2.75) is 38.1 Å². The Labute approximate surface area is 93.7 Å². The van der Waals surface area contributed by atoms with Crippen LogP contribution in [0.15, 0.2) is 12.5 Å². The molecule has 0 saturated heterocycles. The minimum atomic E-state index is 0.293. The minimum Gasteiger partial charge on any atom is -0.368 e. The zero-order valence-corrected chi connectivity index (χ0v) is 9.13. The van der Waals surface area contributed by atoms with Crippen molar-refractivity contribution < 1.29 is 0 Å². The summed E-state index contributed by atoms with van der Waals surface area (Å²) in [5, 5.41) is 0. The van der Waals surface area contributed by atoms with Gasteiger partial charge in [-0.3, -0.25) is 0 Å². The summed E-state index contributed by atoms with van der Waals surface area (Å²) in [6, 6.07) is 0.561. The van der Waals surface area contributed by atoms with Crippen molar-refractivity contribution in [3.8, 4) is 0 Å². The summed E-state index contributed by atoms with van der Waals surface area (Å²) in [7, 11) is 0. The summed E-state index contributed by atoms with van der Waals surface area (Å²) in [6.07, 6.45) is 10.1. The topological polar surface area (TPSA) is 69.6 Å². The van der Waals surface area contributed by atoms with Gasteiger partial charge >= 0.3 is 0 Å². The highest BCUT2D eigenvalue weighted by Crippen LogP contribution is 2.30. The third-order valence-corrected chi connectivity index (χ3v) is 3.32. The Morgan fingerprint density at radius 3 is 2.81 bits per heavy atom. The first-order chi connectivity index (χ1) is 7.84. The first kappa shape index (κ1) is 9.57. The molecule has 0 bridgehead atoms. The Morgan fingerprint density at radius 2 is 2.00 bits per heavy atom. The molecule has 0 atom stereocenters. The molecule has 0 aliphatic heterocycles. The van der Waals surface area contributed by atoms with Crippen LogP contribution >= 0.6 is 0 Å². The molecule has 1 aliphatic rings. The number of nitrogens with zero attached hydrogens (tertiary/aromatic N) is 4. The number of aromatic nitrogens is 4. The van der Waals surface area contributed by atoms with E-state index in [2.05, 4.69) is 19.5 Å². The van der Waals surface area contributed by atoms with Crippen LogP contribution in [0.4, 0.5) is 5.95 Å². The molecule has 1 fully saturated rings. The van der Waals surface area contributed by atoms with E-state index in [0.717, 1.165) is 5.52 Å². The first-order valence-corrected chi connectivity index (χ1v) is 5.79. The summed E-state index contributed by atoms with van der Waals surface area (Å²) >= 11 is 0. The van der Waals surface area contributed by atoms with Gasteiger partial charge in [0.2, 0.25) is 5.95 Å². The zero-order chi connectivity index (χ0) is 11.0. The van der Waals surface area contributed by atoms with Crippen LogP contribution in [0, 0.1) is 0 Å². The van der Waals surface area contributed by atoms with Gasteiger partial charge in [0.05, 0.1) is 12.5 Å². The SMILES string of the molecule is Nc1ncc2c(ncn2C2CCCCC2)n1. The second kappa shape index (κ2) is 3.73. The van der Waals surface area contributed by atoms with Crippen molar-refractivity contribution in [2.75, 3.05) is 5.73 Å². The molecule has 3 rings (SSSR count). The zero-order valence-electron chi connectivity index (χ0n) is 9.13. The van der Waals surface area contributed by atoms with E-state index in [9.17, 15) is 0 Å². The van der Waals surface area contributed by atoms with Gasteiger partial charge in [0.1, 0.15) is 5.52 Å². The van der Waals surface area contributed by atoms with Crippen LogP contribution in [0.5, 0.6) is 0 Å². The van der Waals surface area contributed by atoms with Crippen LogP contribution < -0.4 is 5.73 Å². The van der Waals surface area contributed by atoms with Gasteiger partial charge in [-0.1, -0.05) is 19.3 Å². The number of hydrogen-bond donors (Lipinski definition) is 1. The van der Waals surface area contributed by atoms with E-state index in [1.54, 1.807) is 6.20 Å². The van der Waals surface area contributed by atoms with Crippen LogP contribution in [0.3, 0.4) is 0 Å². The lowest BCUT2D eigenvalue weighted by Gasteiger charge is -2.23. The molecule has 2 N–H and O–H groups in total. The van der Waals surface area contributed by atoms with Crippen LogP contribution in [-0.2, 0) is 0 Å². The van der Waals surface area contributed by atoms with Gasteiger partial charge in [-0.15, -0.1) is 0 Å². The van der Waals surface area contributed by atoms with E-state index in [4.69, 9.17) is 5.73 Å². The molecule has 0 radical (unpaired) electrons. The molecule has 2 aromatic rings. The van der Waals surface area contributed by atoms with E-state index in [-0.39, 0.29) is 0 Å². The summed E-state index contributed by atoms with van der Waals surface area (Å²) in [5.74, 6) is 0.293.